The first-order valence-corrected chi connectivity index (χ1v) is 8.48. The lowest BCUT2D eigenvalue weighted by Gasteiger charge is -2.16. The van der Waals surface area contributed by atoms with Crippen molar-refractivity contribution in [2.75, 3.05) is 18.4 Å². The van der Waals surface area contributed by atoms with E-state index in [-0.39, 0.29) is 18.2 Å². The third-order valence-electron chi connectivity index (χ3n) is 3.62. The van der Waals surface area contributed by atoms with Gasteiger partial charge in [-0.2, -0.15) is 4.99 Å². The Morgan fingerprint density at radius 3 is 2.82 bits per heavy atom. The molecule has 1 aromatic carbocycles. The summed E-state index contributed by atoms with van der Waals surface area (Å²) >= 11 is 7.40. The Labute approximate surface area is 138 Å². The highest BCUT2D eigenvalue weighted by Gasteiger charge is 2.33. The quantitative estimate of drug-likeness (QED) is 0.921. The van der Waals surface area contributed by atoms with Crippen LogP contribution >= 0.6 is 23.4 Å². The third kappa shape index (κ3) is 3.44. The second kappa shape index (κ2) is 6.71. The van der Waals surface area contributed by atoms with Crippen molar-refractivity contribution < 1.29 is 9.59 Å². The van der Waals surface area contributed by atoms with Crippen LogP contribution in [-0.4, -0.2) is 40.2 Å². The molecule has 0 spiro atoms. The zero-order valence-electron chi connectivity index (χ0n) is 11.9. The van der Waals surface area contributed by atoms with Gasteiger partial charge in [0.05, 0.1) is 10.7 Å². The van der Waals surface area contributed by atoms with E-state index in [0.29, 0.717) is 10.7 Å². The Hall–Kier alpha value is -1.53. The predicted molar refractivity (Wildman–Crippen MR) is 89.3 cm³/mol. The van der Waals surface area contributed by atoms with Crippen LogP contribution in [-0.2, 0) is 9.59 Å². The lowest BCUT2D eigenvalue weighted by atomic mass is 10.2. The Kier molecular flexibility index (Phi) is 4.69. The van der Waals surface area contributed by atoms with Gasteiger partial charge in [-0.1, -0.05) is 35.5 Å². The van der Waals surface area contributed by atoms with E-state index in [1.54, 1.807) is 24.3 Å². The van der Waals surface area contributed by atoms with E-state index in [9.17, 15) is 9.59 Å². The maximum Gasteiger partial charge on any atom is 0.262 e. The van der Waals surface area contributed by atoms with Crippen LogP contribution in [0.15, 0.2) is 29.3 Å². The average Bonchev–Trinajstić information content (AvgIpc) is 3.12. The summed E-state index contributed by atoms with van der Waals surface area (Å²) in [5.74, 6) is -0.446. The van der Waals surface area contributed by atoms with Crippen molar-refractivity contribution >= 4 is 46.0 Å². The molecule has 1 aromatic rings. The highest BCUT2D eigenvalue weighted by molar-refractivity contribution is 8.15. The van der Waals surface area contributed by atoms with Crippen LogP contribution in [0.25, 0.3) is 0 Å². The maximum atomic E-state index is 12.1. The molecule has 1 atom stereocenters. The summed E-state index contributed by atoms with van der Waals surface area (Å²) < 4.78 is 0. The van der Waals surface area contributed by atoms with Gasteiger partial charge in [-0.15, -0.1) is 0 Å². The zero-order chi connectivity index (χ0) is 15.5. The van der Waals surface area contributed by atoms with Crippen molar-refractivity contribution in [3.8, 4) is 0 Å². The standard InChI is InChI=1S/C15H16ClN3O2S/c16-10-5-1-2-6-11(10)17-13(20)9-12-14(21)18-15(22-12)19-7-3-4-8-19/h1-2,5-6,12H,3-4,7-9H2,(H,17,20). The number of hydrogen-bond donors (Lipinski definition) is 1. The molecule has 2 aliphatic rings. The molecule has 0 saturated carbocycles. The van der Waals surface area contributed by atoms with E-state index in [2.05, 4.69) is 15.2 Å². The van der Waals surface area contributed by atoms with Crippen molar-refractivity contribution in [1.29, 1.82) is 0 Å². The number of para-hydroxylation sites is 1. The first kappa shape index (κ1) is 15.4. The number of hydrogen-bond acceptors (Lipinski definition) is 4. The number of amides is 2. The molecule has 2 heterocycles. The lowest BCUT2D eigenvalue weighted by Crippen LogP contribution is -2.25. The highest BCUT2D eigenvalue weighted by atomic mass is 35.5. The summed E-state index contributed by atoms with van der Waals surface area (Å²) in [6.45, 7) is 1.88. The number of nitrogens with zero attached hydrogens (tertiary/aromatic N) is 2. The SMILES string of the molecule is O=C(CC1SC(N2CCCC2)=NC1=O)Nc1ccccc1Cl. The predicted octanol–water partition coefficient (Wildman–Crippen LogP) is 2.76. The number of benzene rings is 1. The molecule has 1 saturated heterocycles. The largest absolute Gasteiger partial charge is 0.351 e. The van der Waals surface area contributed by atoms with E-state index < -0.39 is 5.25 Å². The molecule has 22 heavy (non-hydrogen) atoms. The fraction of sp³-hybridized carbons (Fsp3) is 0.400. The Morgan fingerprint density at radius 2 is 2.09 bits per heavy atom. The van der Waals surface area contributed by atoms with Crippen molar-refractivity contribution in [2.24, 2.45) is 4.99 Å². The molecule has 3 rings (SSSR count). The number of thioether (sulfide) groups is 1. The van der Waals surface area contributed by atoms with Crippen LogP contribution in [0.2, 0.25) is 5.02 Å². The third-order valence-corrected chi connectivity index (χ3v) is 5.17. The Balaban J connectivity index is 1.56. The molecule has 2 aliphatic heterocycles. The first-order valence-electron chi connectivity index (χ1n) is 7.22. The van der Waals surface area contributed by atoms with Gasteiger partial charge in [0.2, 0.25) is 5.91 Å². The highest BCUT2D eigenvalue weighted by Crippen LogP contribution is 2.29. The number of amidine groups is 1. The number of carbonyl (C=O) groups is 2. The van der Waals surface area contributed by atoms with E-state index in [1.807, 2.05) is 0 Å². The molecule has 1 fully saturated rings. The van der Waals surface area contributed by atoms with Crippen LogP contribution in [0.4, 0.5) is 5.69 Å². The summed E-state index contributed by atoms with van der Waals surface area (Å²) in [5, 5.41) is 3.55. The van der Waals surface area contributed by atoms with E-state index in [1.165, 1.54) is 11.8 Å². The van der Waals surface area contributed by atoms with Gasteiger partial charge in [-0.25, -0.2) is 0 Å². The zero-order valence-corrected chi connectivity index (χ0v) is 13.5. The van der Waals surface area contributed by atoms with E-state index in [0.717, 1.165) is 31.1 Å². The average molecular weight is 338 g/mol. The monoisotopic (exact) mass is 337 g/mol. The molecule has 0 aromatic heterocycles. The molecule has 7 heteroatoms. The van der Waals surface area contributed by atoms with Crippen LogP contribution in [0.5, 0.6) is 0 Å². The molecule has 2 amide bonds. The van der Waals surface area contributed by atoms with Crippen LogP contribution in [0.1, 0.15) is 19.3 Å². The lowest BCUT2D eigenvalue weighted by molar-refractivity contribution is -0.121. The molecular weight excluding hydrogens is 322 g/mol. The second-order valence-electron chi connectivity index (χ2n) is 5.27. The molecule has 1 N–H and O–H groups in total. The number of carbonyl (C=O) groups excluding carboxylic acids is 2. The molecule has 0 bridgehead atoms. The minimum atomic E-state index is -0.432. The molecule has 0 aliphatic carbocycles. The van der Waals surface area contributed by atoms with Crippen molar-refractivity contribution in [1.82, 2.24) is 4.90 Å². The summed E-state index contributed by atoms with van der Waals surface area (Å²) in [4.78, 5) is 30.3. The topological polar surface area (TPSA) is 61.8 Å². The van der Waals surface area contributed by atoms with Gasteiger partial charge < -0.3 is 10.2 Å². The first-order chi connectivity index (χ1) is 10.6. The van der Waals surface area contributed by atoms with Gasteiger partial charge in [0.1, 0.15) is 5.25 Å². The van der Waals surface area contributed by atoms with E-state index in [4.69, 9.17) is 11.6 Å². The number of halogens is 1. The normalized spacial score (nSPS) is 21.1. The fourth-order valence-electron chi connectivity index (χ4n) is 2.49. The molecular formula is C15H16ClN3O2S. The van der Waals surface area contributed by atoms with Gasteiger partial charge in [0, 0.05) is 19.5 Å². The maximum absolute atomic E-state index is 12.1. The molecule has 116 valence electrons. The number of likely N-dealkylation sites (tertiary alicyclic amines) is 1. The summed E-state index contributed by atoms with van der Waals surface area (Å²) in [5.41, 5.74) is 0.560. The minimum absolute atomic E-state index is 0.107. The summed E-state index contributed by atoms with van der Waals surface area (Å²) in [6, 6.07) is 7.04. The number of rotatable bonds is 3. The van der Waals surface area contributed by atoms with Gasteiger partial charge in [0.15, 0.2) is 5.17 Å². The molecule has 5 nitrogen and oxygen atoms in total. The van der Waals surface area contributed by atoms with Crippen molar-refractivity contribution in [3.63, 3.8) is 0 Å². The van der Waals surface area contributed by atoms with Gasteiger partial charge in [-0.3, -0.25) is 9.59 Å². The number of aliphatic imine (C=N–C) groups is 1. The number of nitrogens with one attached hydrogen (secondary N) is 1. The molecule has 0 radical (unpaired) electrons. The Bertz CT molecular complexity index is 629. The molecule has 1 unspecified atom stereocenters. The summed E-state index contributed by atoms with van der Waals surface area (Å²) in [7, 11) is 0. The van der Waals surface area contributed by atoms with Crippen LogP contribution < -0.4 is 5.32 Å². The van der Waals surface area contributed by atoms with E-state index >= 15 is 0 Å². The minimum Gasteiger partial charge on any atom is -0.351 e. The fourth-order valence-corrected chi connectivity index (χ4v) is 3.79. The second-order valence-corrected chi connectivity index (χ2v) is 6.84. The van der Waals surface area contributed by atoms with Gasteiger partial charge >= 0.3 is 0 Å². The van der Waals surface area contributed by atoms with Gasteiger partial charge in [0.25, 0.3) is 5.91 Å². The Morgan fingerprint density at radius 1 is 1.36 bits per heavy atom. The van der Waals surface area contributed by atoms with Crippen molar-refractivity contribution in [3.05, 3.63) is 29.3 Å². The van der Waals surface area contributed by atoms with Crippen LogP contribution in [0, 0.1) is 0 Å². The van der Waals surface area contributed by atoms with Crippen LogP contribution in [0.3, 0.4) is 0 Å². The van der Waals surface area contributed by atoms with Crippen molar-refractivity contribution in [2.45, 2.75) is 24.5 Å². The summed E-state index contributed by atoms with van der Waals surface area (Å²) in [6.07, 6.45) is 2.37. The van der Waals surface area contributed by atoms with Gasteiger partial charge in [-0.05, 0) is 25.0 Å². The smallest absolute Gasteiger partial charge is 0.262 e. The number of anilines is 1.